The van der Waals surface area contributed by atoms with E-state index in [1.165, 1.54) is 25.9 Å². The molecule has 1 aliphatic rings. The summed E-state index contributed by atoms with van der Waals surface area (Å²) >= 11 is 0. The molecular formula is C13H30N4. The van der Waals surface area contributed by atoms with E-state index >= 15 is 0 Å². The van der Waals surface area contributed by atoms with Crippen molar-refractivity contribution < 1.29 is 0 Å². The minimum absolute atomic E-state index is 0.223. The summed E-state index contributed by atoms with van der Waals surface area (Å²) < 4.78 is 0. The number of hydrogen-bond acceptors (Lipinski definition) is 4. The SMILES string of the molecule is CCCN(CCN(C)C)C1(CN)CCN(C)C1. The van der Waals surface area contributed by atoms with Crippen LogP contribution in [0.2, 0.25) is 0 Å². The molecule has 1 saturated heterocycles. The topological polar surface area (TPSA) is 35.7 Å². The van der Waals surface area contributed by atoms with Crippen molar-refractivity contribution in [3.05, 3.63) is 0 Å². The Morgan fingerprint density at radius 3 is 2.35 bits per heavy atom. The first-order valence-electron chi connectivity index (χ1n) is 6.82. The first kappa shape index (κ1) is 14.9. The lowest BCUT2D eigenvalue weighted by molar-refractivity contribution is 0.0928. The molecule has 0 radical (unpaired) electrons. The van der Waals surface area contributed by atoms with Crippen molar-refractivity contribution in [1.29, 1.82) is 0 Å². The molecule has 17 heavy (non-hydrogen) atoms. The van der Waals surface area contributed by atoms with Gasteiger partial charge in [-0.05, 0) is 47.1 Å². The molecule has 1 rings (SSSR count). The van der Waals surface area contributed by atoms with Gasteiger partial charge in [-0.15, -0.1) is 0 Å². The summed E-state index contributed by atoms with van der Waals surface area (Å²) in [5.74, 6) is 0. The molecular weight excluding hydrogens is 212 g/mol. The highest BCUT2D eigenvalue weighted by molar-refractivity contribution is 4.99. The van der Waals surface area contributed by atoms with Gasteiger partial charge in [0.05, 0.1) is 0 Å². The third kappa shape index (κ3) is 3.91. The van der Waals surface area contributed by atoms with E-state index in [-0.39, 0.29) is 5.54 Å². The van der Waals surface area contributed by atoms with Crippen molar-refractivity contribution in [2.24, 2.45) is 5.73 Å². The van der Waals surface area contributed by atoms with Gasteiger partial charge in [0.25, 0.3) is 0 Å². The predicted octanol–water partition coefficient (Wildman–Crippen LogP) is 0.293. The number of likely N-dealkylation sites (N-methyl/N-ethyl adjacent to an activating group) is 2. The molecule has 4 heteroatoms. The van der Waals surface area contributed by atoms with Crippen LogP contribution in [0.4, 0.5) is 0 Å². The van der Waals surface area contributed by atoms with Crippen molar-refractivity contribution in [1.82, 2.24) is 14.7 Å². The minimum Gasteiger partial charge on any atom is -0.329 e. The Labute approximate surface area is 107 Å². The van der Waals surface area contributed by atoms with Crippen LogP contribution in [0, 0.1) is 0 Å². The second-order valence-electron chi connectivity index (χ2n) is 5.71. The quantitative estimate of drug-likeness (QED) is 0.696. The molecule has 0 aromatic rings. The smallest absolute Gasteiger partial charge is 0.0470 e. The van der Waals surface area contributed by atoms with Crippen LogP contribution < -0.4 is 5.73 Å². The van der Waals surface area contributed by atoms with Crippen molar-refractivity contribution in [2.45, 2.75) is 25.3 Å². The lowest BCUT2D eigenvalue weighted by atomic mass is 9.95. The predicted molar refractivity (Wildman–Crippen MR) is 74.3 cm³/mol. The van der Waals surface area contributed by atoms with Gasteiger partial charge >= 0.3 is 0 Å². The third-order valence-corrected chi connectivity index (χ3v) is 3.88. The molecule has 1 aliphatic heterocycles. The number of likely N-dealkylation sites (tertiary alicyclic amines) is 1. The zero-order valence-corrected chi connectivity index (χ0v) is 12.1. The maximum Gasteiger partial charge on any atom is 0.0470 e. The fourth-order valence-corrected chi connectivity index (χ4v) is 2.79. The van der Waals surface area contributed by atoms with E-state index < -0.39 is 0 Å². The van der Waals surface area contributed by atoms with Crippen molar-refractivity contribution in [2.75, 3.05) is 60.4 Å². The van der Waals surface area contributed by atoms with E-state index in [4.69, 9.17) is 5.73 Å². The van der Waals surface area contributed by atoms with Crippen LogP contribution in [0.5, 0.6) is 0 Å². The maximum absolute atomic E-state index is 6.09. The second kappa shape index (κ2) is 6.69. The van der Waals surface area contributed by atoms with Crippen LogP contribution in [0.1, 0.15) is 19.8 Å². The van der Waals surface area contributed by atoms with Crippen LogP contribution in [-0.2, 0) is 0 Å². The first-order chi connectivity index (χ1) is 8.04. The van der Waals surface area contributed by atoms with Gasteiger partial charge in [-0.1, -0.05) is 6.92 Å². The Morgan fingerprint density at radius 2 is 1.94 bits per heavy atom. The van der Waals surface area contributed by atoms with Gasteiger partial charge in [0, 0.05) is 31.7 Å². The van der Waals surface area contributed by atoms with E-state index in [1.807, 2.05) is 0 Å². The molecule has 0 aliphatic carbocycles. The molecule has 0 saturated carbocycles. The first-order valence-corrected chi connectivity index (χ1v) is 6.82. The van der Waals surface area contributed by atoms with Crippen molar-refractivity contribution >= 4 is 0 Å². The van der Waals surface area contributed by atoms with Gasteiger partial charge in [-0.25, -0.2) is 0 Å². The Kier molecular flexibility index (Phi) is 5.86. The van der Waals surface area contributed by atoms with Gasteiger partial charge in [0.15, 0.2) is 0 Å². The maximum atomic E-state index is 6.09. The second-order valence-corrected chi connectivity index (χ2v) is 5.71. The fourth-order valence-electron chi connectivity index (χ4n) is 2.79. The van der Waals surface area contributed by atoms with Gasteiger partial charge in [0.2, 0.25) is 0 Å². The Balaban J connectivity index is 2.65. The molecule has 0 amide bonds. The van der Waals surface area contributed by atoms with E-state index in [0.717, 1.165) is 26.2 Å². The van der Waals surface area contributed by atoms with Crippen molar-refractivity contribution in [3.63, 3.8) is 0 Å². The summed E-state index contributed by atoms with van der Waals surface area (Å²) in [5, 5.41) is 0. The molecule has 1 atom stereocenters. The average molecular weight is 242 g/mol. The summed E-state index contributed by atoms with van der Waals surface area (Å²) in [6.45, 7) is 8.75. The monoisotopic (exact) mass is 242 g/mol. The zero-order valence-electron chi connectivity index (χ0n) is 12.1. The highest BCUT2D eigenvalue weighted by atomic mass is 15.3. The van der Waals surface area contributed by atoms with E-state index in [0.29, 0.717) is 0 Å². The molecule has 0 aromatic heterocycles. The summed E-state index contributed by atoms with van der Waals surface area (Å²) in [5.41, 5.74) is 6.31. The molecule has 2 N–H and O–H groups in total. The largest absolute Gasteiger partial charge is 0.329 e. The zero-order chi connectivity index (χ0) is 12.9. The molecule has 4 nitrogen and oxygen atoms in total. The minimum atomic E-state index is 0.223. The number of hydrogen-bond donors (Lipinski definition) is 1. The average Bonchev–Trinajstić information content (AvgIpc) is 2.67. The normalized spacial score (nSPS) is 26.3. The fraction of sp³-hybridized carbons (Fsp3) is 1.00. The van der Waals surface area contributed by atoms with E-state index in [9.17, 15) is 0 Å². The number of nitrogens with two attached hydrogens (primary N) is 1. The Morgan fingerprint density at radius 1 is 1.24 bits per heavy atom. The van der Waals surface area contributed by atoms with Gasteiger partial charge < -0.3 is 15.5 Å². The van der Waals surface area contributed by atoms with Crippen molar-refractivity contribution in [3.8, 4) is 0 Å². The molecule has 1 fully saturated rings. The summed E-state index contributed by atoms with van der Waals surface area (Å²) in [6, 6.07) is 0. The Hall–Kier alpha value is -0.160. The lowest BCUT2D eigenvalue weighted by Gasteiger charge is -2.41. The molecule has 0 aromatic carbocycles. The van der Waals surface area contributed by atoms with Crippen LogP contribution in [0.25, 0.3) is 0 Å². The van der Waals surface area contributed by atoms with Gasteiger partial charge in [-0.3, -0.25) is 4.90 Å². The van der Waals surface area contributed by atoms with Crippen LogP contribution in [0.15, 0.2) is 0 Å². The number of rotatable bonds is 7. The van der Waals surface area contributed by atoms with E-state index in [2.05, 4.69) is 42.8 Å². The molecule has 1 heterocycles. The molecule has 1 unspecified atom stereocenters. The summed E-state index contributed by atoms with van der Waals surface area (Å²) in [7, 11) is 6.48. The van der Waals surface area contributed by atoms with Gasteiger partial charge in [0.1, 0.15) is 0 Å². The van der Waals surface area contributed by atoms with Crippen LogP contribution >= 0.6 is 0 Å². The van der Waals surface area contributed by atoms with Gasteiger partial charge in [-0.2, -0.15) is 0 Å². The van der Waals surface area contributed by atoms with Crippen LogP contribution in [-0.4, -0.2) is 80.7 Å². The highest BCUT2D eigenvalue weighted by Gasteiger charge is 2.40. The molecule has 102 valence electrons. The standard InChI is InChI=1S/C13H30N4/c1-5-7-17(10-9-15(2)3)13(11-14)6-8-16(4)12-13/h5-12,14H2,1-4H3. The third-order valence-electron chi connectivity index (χ3n) is 3.88. The Bertz CT molecular complexity index is 219. The van der Waals surface area contributed by atoms with E-state index in [1.54, 1.807) is 0 Å². The highest BCUT2D eigenvalue weighted by Crippen LogP contribution is 2.26. The molecule has 0 spiro atoms. The summed E-state index contributed by atoms with van der Waals surface area (Å²) in [4.78, 5) is 7.28. The lowest BCUT2D eigenvalue weighted by Crippen LogP contribution is -2.57. The molecule has 0 bridgehead atoms. The van der Waals surface area contributed by atoms with Crippen LogP contribution in [0.3, 0.4) is 0 Å². The number of nitrogens with zero attached hydrogens (tertiary/aromatic N) is 3. The summed E-state index contributed by atoms with van der Waals surface area (Å²) in [6.07, 6.45) is 2.42.